The Balaban J connectivity index is 1.77. The number of hydrogen-bond acceptors (Lipinski definition) is 6. The van der Waals surface area contributed by atoms with E-state index in [2.05, 4.69) is 0 Å². The predicted molar refractivity (Wildman–Crippen MR) is 132 cm³/mol. The molecule has 0 N–H and O–H groups in total. The van der Waals surface area contributed by atoms with E-state index in [4.69, 9.17) is 23.4 Å². The quantitative estimate of drug-likeness (QED) is 0.468. The Morgan fingerprint density at radius 2 is 1.68 bits per heavy atom. The number of ether oxygens (including phenoxy) is 4. The van der Waals surface area contributed by atoms with E-state index in [1.165, 1.54) is 0 Å². The minimum absolute atomic E-state index is 0.0126. The van der Waals surface area contributed by atoms with E-state index in [1.807, 2.05) is 56.0 Å². The van der Waals surface area contributed by atoms with Crippen molar-refractivity contribution in [1.29, 1.82) is 0 Å². The fourth-order valence-electron chi connectivity index (χ4n) is 4.48. The maximum atomic E-state index is 13.0. The highest BCUT2D eigenvalue weighted by atomic mass is 16.5. The van der Waals surface area contributed by atoms with Crippen LogP contribution in [0.25, 0.3) is 27.7 Å². The van der Waals surface area contributed by atoms with E-state index in [0.29, 0.717) is 30.2 Å². The molecule has 0 spiro atoms. The van der Waals surface area contributed by atoms with Crippen molar-refractivity contribution in [2.45, 2.75) is 33.0 Å². The van der Waals surface area contributed by atoms with Crippen LogP contribution in [-0.2, 0) is 9.53 Å². The van der Waals surface area contributed by atoms with Gasteiger partial charge in [0.1, 0.15) is 22.8 Å². The van der Waals surface area contributed by atoms with Crippen molar-refractivity contribution in [2.75, 3.05) is 34.4 Å². The van der Waals surface area contributed by atoms with Crippen molar-refractivity contribution in [3.05, 3.63) is 48.2 Å². The second kappa shape index (κ2) is 9.81. The van der Waals surface area contributed by atoms with Crippen LogP contribution < -0.4 is 14.2 Å². The molecule has 2 unspecified atom stereocenters. The fraction of sp³-hybridized carbons (Fsp3) is 0.370. The molecule has 0 radical (unpaired) electrons. The number of hydrogen-bond donors (Lipinski definition) is 0. The molecule has 0 bridgehead atoms. The molecule has 1 amide bonds. The molecule has 4 rings (SSSR count). The first-order chi connectivity index (χ1) is 16.3. The third-order valence-corrected chi connectivity index (χ3v) is 6.09. The lowest BCUT2D eigenvalue weighted by Crippen LogP contribution is -2.47. The Labute approximate surface area is 199 Å². The van der Waals surface area contributed by atoms with Gasteiger partial charge in [-0.25, -0.2) is 0 Å². The highest BCUT2D eigenvalue weighted by molar-refractivity contribution is 6.01. The van der Waals surface area contributed by atoms with Gasteiger partial charge in [0, 0.05) is 47.3 Å². The van der Waals surface area contributed by atoms with Crippen LogP contribution in [0.1, 0.15) is 26.3 Å². The summed E-state index contributed by atoms with van der Waals surface area (Å²) in [6.45, 7) is 7.03. The lowest BCUT2D eigenvalue weighted by Gasteiger charge is -2.34. The molecular weight excluding hydrogens is 434 g/mol. The molecule has 2 aromatic carbocycles. The first-order valence-electron chi connectivity index (χ1n) is 11.3. The summed E-state index contributed by atoms with van der Waals surface area (Å²) in [5, 5.41) is 0.885. The molecule has 1 saturated heterocycles. The Bertz CT molecular complexity index is 1220. The van der Waals surface area contributed by atoms with Gasteiger partial charge in [0.05, 0.1) is 39.8 Å². The number of benzene rings is 2. The number of carbonyl (C=O) groups excluding carboxylic acids is 1. The van der Waals surface area contributed by atoms with Crippen molar-refractivity contribution in [3.63, 3.8) is 0 Å². The van der Waals surface area contributed by atoms with Gasteiger partial charge in [-0.3, -0.25) is 4.79 Å². The predicted octanol–water partition coefficient (Wildman–Crippen LogP) is 5.16. The Morgan fingerprint density at radius 3 is 2.32 bits per heavy atom. The molecule has 1 aromatic heterocycles. The zero-order chi connectivity index (χ0) is 24.4. The second-order valence-corrected chi connectivity index (χ2v) is 8.59. The maximum absolute atomic E-state index is 13.0. The first-order valence-corrected chi connectivity index (χ1v) is 11.3. The summed E-state index contributed by atoms with van der Waals surface area (Å²) in [5.74, 6) is 2.02. The summed E-state index contributed by atoms with van der Waals surface area (Å²) < 4.78 is 28.3. The largest absolute Gasteiger partial charge is 0.497 e. The molecule has 7 nitrogen and oxygen atoms in total. The van der Waals surface area contributed by atoms with Crippen LogP contribution in [0.5, 0.6) is 17.2 Å². The van der Waals surface area contributed by atoms with Crippen molar-refractivity contribution in [3.8, 4) is 28.4 Å². The van der Waals surface area contributed by atoms with Gasteiger partial charge in [0.15, 0.2) is 0 Å². The van der Waals surface area contributed by atoms with E-state index in [0.717, 1.165) is 33.4 Å². The van der Waals surface area contributed by atoms with Crippen molar-refractivity contribution in [1.82, 2.24) is 4.90 Å². The molecule has 3 aromatic rings. The molecule has 2 atom stereocenters. The minimum Gasteiger partial charge on any atom is -0.497 e. The minimum atomic E-state index is -0.0384. The Hall–Kier alpha value is -3.45. The second-order valence-electron chi connectivity index (χ2n) is 8.59. The summed E-state index contributed by atoms with van der Waals surface area (Å²) in [6.07, 6.45) is 3.39. The number of carbonyl (C=O) groups is 1. The molecule has 1 aliphatic heterocycles. The summed E-state index contributed by atoms with van der Waals surface area (Å²) in [6, 6.07) is 9.48. The van der Waals surface area contributed by atoms with Gasteiger partial charge in [-0.05, 0) is 50.6 Å². The number of nitrogens with zero attached hydrogens (tertiary/aromatic N) is 1. The lowest BCUT2D eigenvalue weighted by atomic mass is 9.98. The topological polar surface area (TPSA) is 70.4 Å². The fourth-order valence-corrected chi connectivity index (χ4v) is 4.48. The molecule has 0 saturated carbocycles. The zero-order valence-electron chi connectivity index (χ0n) is 20.5. The molecule has 34 heavy (non-hydrogen) atoms. The van der Waals surface area contributed by atoms with Crippen molar-refractivity contribution < 1.29 is 28.2 Å². The molecule has 7 heteroatoms. The van der Waals surface area contributed by atoms with Gasteiger partial charge in [-0.2, -0.15) is 0 Å². The summed E-state index contributed by atoms with van der Waals surface area (Å²) in [5.41, 5.74) is 4.02. The summed E-state index contributed by atoms with van der Waals surface area (Å²) in [7, 11) is 4.87. The van der Waals surface area contributed by atoms with Gasteiger partial charge < -0.3 is 28.3 Å². The standard InChI is InChI=1S/C27H31NO6/c1-16(9-27(29)28-13-17(2)34-18(3)14-28)20-11-22-23(15-33-26(22)12-25(20)32-6)21-10-19(30-4)7-8-24(21)31-5/h7-12,15,17-18H,13-14H2,1-6H3/b16-9+. The smallest absolute Gasteiger partial charge is 0.247 e. The van der Waals surface area contributed by atoms with Crippen LogP contribution >= 0.6 is 0 Å². The number of allylic oxidation sites excluding steroid dienone is 1. The number of rotatable bonds is 6. The van der Waals surface area contributed by atoms with Gasteiger partial charge in [-0.15, -0.1) is 0 Å². The summed E-state index contributed by atoms with van der Waals surface area (Å²) >= 11 is 0. The van der Waals surface area contributed by atoms with E-state index < -0.39 is 0 Å². The summed E-state index contributed by atoms with van der Waals surface area (Å²) in [4.78, 5) is 14.9. The van der Waals surface area contributed by atoms with Crippen LogP contribution in [0.4, 0.5) is 0 Å². The average molecular weight is 466 g/mol. The molecular formula is C27H31NO6. The first kappa shape index (κ1) is 23.7. The van der Waals surface area contributed by atoms with E-state index in [9.17, 15) is 4.79 Å². The van der Waals surface area contributed by atoms with E-state index in [1.54, 1.807) is 33.7 Å². The highest BCUT2D eigenvalue weighted by Gasteiger charge is 2.25. The van der Waals surface area contributed by atoms with Crippen LogP contribution in [-0.4, -0.2) is 57.4 Å². The Kier molecular flexibility index (Phi) is 6.84. The normalized spacial score (nSPS) is 18.8. The zero-order valence-corrected chi connectivity index (χ0v) is 20.5. The van der Waals surface area contributed by atoms with Gasteiger partial charge in [0.25, 0.3) is 0 Å². The highest BCUT2D eigenvalue weighted by Crippen LogP contribution is 2.41. The number of furan rings is 1. The van der Waals surface area contributed by atoms with Gasteiger partial charge >= 0.3 is 0 Å². The van der Waals surface area contributed by atoms with Crippen LogP contribution in [0.3, 0.4) is 0 Å². The third kappa shape index (κ3) is 4.61. The monoisotopic (exact) mass is 465 g/mol. The van der Waals surface area contributed by atoms with E-state index >= 15 is 0 Å². The van der Waals surface area contributed by atoms with Crippen LogP contribution in [0.15, 0.2) is 47.1 Å². The molecule has 180 valence electrons. The van der Waals surface area contributed by atoms with Gasteiger partial charge in [-0.1, -0.05) is 0 Å². The Morgan fingerprint density at radius 1 is 0.971 bits per heavy atom. The average Bonchev–Trinajstić information content (AvgIpc) is 3.24. The number of morpholine rings is 1. The van der Waals surface area contributed by atoms with Crippen LogP contribution in [0.2, 0.25) is 0 Å². The molecule has 0 aliphatic carbocycles. The number of fused-ring (bicyclic) bond motifs is 1. The van der Waals surface area contributed by atoms with Crippen LogP contribution in [0, 0.1) is 0 Å². The number of amides is 1. The number of methoxy groups -OCH3 is 3. The maximum Gasteiger partial charge on any atom is 0.247 e. The third-order valence-electron chi connectivity index (χ3n) is 6.09. The molecule has 1 fully saturated rings. The molecule has 1 aliphatic rings. The van der Waals surface area contributed by atoms with Crippen molar-refractivity contribution in [2.24, 2.45) is 0 Å². The lowest BCUT2D eigenvalue weighted by molar-refractivity contribution is -0.137. The SMILES string of the molecule is COc1ccc(OC)c(-c2coc3cc(OC)c(/C(C)=C/C(=O)N4CC(C)OC(C)C4)cc23)c1. The van der Waals surface area contributed by atoms with Crippen molar-refractivity contribution >= 4 is 22.4 Å². The van der Waals surface area contributed by atoms with Gasteiger partial charge in [0.2, 0.25) is 5.91 Å². The van der Waals surface area contributed by atoms with E-state index in [-0.39, 0.29) is 18.1 Å². The molecule has 2 heterocycles.